The summed E-state index contributed by atoms with van der Waals surface area (Å²) in [5, 5.41) is 45.7. The molecule has 130 heavy (non-hydrogen) atoms. The van der Waals surface area contributed by atoms with Crippen LogP contribution >= 0.6 is 0 Å². The summed E-state index contributed by atoms with van der Waals surface area (Å²) in [6, 6.07) is 116. The van der Waals surface area contributed by atoms with Gasteiger partial charge in [0.1, 0.15) is 46.0 Å². The molecular formula is C116H105Hf2N4O8-5. The van der Waals surface area contributed by atoms with E-state index in [-0.39, 0.29) is 110 Å². The molecule has 12 nitrogen and oxygen atoms in total. The van der Waals surface area contributed by atoms with Crippen molar-refractivity contribution in [3.63, 3.8) is 0 Å². The Bertz CT molecular complexity index is 7060. The first-order valence-electron chi connectivity index (χ1n) is 42.8. The van der Waals surface area contributed by atoms with Gasteiger partial charge in [0.15, 0.2) is 0 Å². The number of phenols is 3. The van der Waals surface area contributed by atoms with E-state index in [0.717, 1.165) is 209 Å². The van der Waals surface area contributed by atoms with Crippen molar-refractivity contribution >= 4 is 87.2 Å². The summed E-state index contributed by atoms with van der Waals surface area (Å²) in [5.41, 5.74) is 22.4. The van der Waals surface area contributed by atoms with Crippen LogP contribution in [0.1, 0.15) is 54.4 Å². The van der Waals surface area contributed by atoms with Crippen molar-refractivity contribution < 1.29 is 90.7 Å². The van der Waals surface area contributed by atoms with E-state index in [2.05, 4.69) is 278 Å². The second-order valence-electron chi connectivity index (χ2n) is 32.8. The minimum atomic E-state index is 0. The van der Waals surface area contributed by atoms with Gasteiger partial charge in [0.05, 0.1) is 93.3 Å². The van der Waals surface area contributed by atoms with Crippen LogP contribution in [0.5, 0.6) is 46.0 Å². The Morgan fingerprint density at radius 1 is 0.269 bits per heavy atom. The number of aromatic nitrogens is 4. The molecule has 0 spiro atoms. The van der Waals surface area contributed by atoms with Crippen LogP contribution in [0.15, 0.2) is 340 Å². The maximum absolute atomic E-state index is 12.2. The Labute approximate surface area is 799 Å². The van der Waals surface area contributed by atoms with Crippen LogP contribution in [-0.2, 0) is 51.7 Å². The Kier molecular flexibility index (Phi) is 28.8. The number of para-hydroxylation sites is 12. The summed E-state index contributed by atoms with van der Waals surface area (Å²) < 4.78 is 41.4. The second kappa shape index (κ2) is 40.3. The molecule has 0 unspecified atom stereocenters. The minimum Gasteiger partial charge on any atom is -0.664 e. The molecule has 0 saturated heterocycles. The van der Waals surface area contributed by atoms with Crippen molar-refractivity contribution in [3.8, 4) is 113 Å². The smallest absolute Gasteiger partial charge is 0.147 e. The third-order valence-electron chi connectivity index (χ3n) is 24.8. The number of fused-ring (bicyclic) bond motifs is 12. The van der Waals surface area contributed by atoms with Gasteiger partial charge in [-0.25, -0.2) is 0 Å². The number of hydrogen-bond donors (Lipinski definition) is 3. The zero-order valence-corrected chi connectivity index (χ0v) is 81.9. The van der Waals surface area contributed by atoms with Crippen LogP contribution in [0.25, 0.3) is 154 Å². The average molecular weight is 2040 g/mol. The van der Waals surface area contributed by atoms with Crippen LogP contribution < -0.4 is 23.7 Å². The van der Waals surface area contributed by atoms with E-state index in [1.807, 2.05) is 115 Å². The van der Waals surface area contributed by atoms with Crippen LogP contribution in [0.4, 0.5) is 0 Å². The maximum atomic E-state index is 12.2. The van der Waals surface area contributed by atoms with E-state index in [9.17, 15) is 15.3 Å². The van der Waals surface area contributed by atoms with Gasteiger partial charge in [-0.05, 0) is 196 Å². The molecule has 1 fully saturated rings. The van der Waals surface area contributed by atoms with Crippen LogP contribution in [0.2, 0.25) is 0 Å². The molecule has 650 valence electrons. The van der Waals surface area contributed by atoms with Gasteiger partial charge in [-0.3, -0.25) is 0 Å². The Morgan fingerprint density at radius 3 is 0.754 bits per heavy atom. The second-order valence-corrected chi connectivity index (χ2v) is 32.8. The Hall–Kier alpha value is -13.1. The summed E-state index contributed by atoms with van der Waals surface area (Å²) in [7, 11) is 3.94. The fourth-order valence-corrected chi connectivity index (χ4v) is 19.2. The minimum absolute atomic E-state index is 0. The molecule has 0 radical (unpaired) electrons. The number of aryl methyl sites for hydroxylation is 4. The normalized spacial score (nSPS) is 12.9. The Morgan fingerprint density at radius 2 is 0.485 bits per heavy atom. The summed E-state index contributed by atoms with van der Waals surface area (Å²) >= 11 is 0. The molecular weight excluding hydrogens is 1930 g/mol. The van der Waals surface area contributed by atoms with E-state index in [1.165, 1.54) is 10.8 Å². The van der Waals surface area contributed by atoms with Crippen molar-refractivity contribution in [2.45, 2.75) is 59.8 Å². The number of nitrogens with zero attached hydrogens (tertiary/aromatic N) is 4. The molecule has 0 amide bonds. The Balaban J connectivity index is 0.000000201. The molecule has 1 aliphatic carbocycles. The van der Waals surface area contributed by atoms with Crippen molar-refractivity contribution in [1.82, 2.24) is 18.3 Å². The molecule has 0 bridgehead atoms. The molecule has 4 aromatic heterocycles. The van der Waals surface area contributed by atoms with E-state index in [1.54, 1.807) is 0 Å². The van der Waals surface area contributed by atoms with Crippen LogP contribution in [-0.4, -0.2) is 60.0 Å². The van der Waals surface area contributed by atoms with Gasteiger partial charge in [-0.1, -0.05) is 231 Å². The van der Waals surface area contributed by atoms with Gasteiger partial charge in [0.25, 0.3) is 0 Å². The first kappa shape index (κ1) is 93.0. The third kappa shape index (κ3) is 17.2. The number of aromatic hydroxyl groups is 3. The monoisotopic (exact) mass is 2040 g/mol. The van der Waals surface area contributed by atoms with Gasteiger partial charge in [0.2, 0.25) is 0 Å². The van der Waals surface area contributed by atoms with E-state index < -0.39 is 0 Å². The van der Waals surface area contributed by atoms with Crippen molar-refractivity contribution in [3.05, 3.63) is 399 Å². The molecule has 1 aliphatic rings. The molecule has 20 aromatic rings. The van der Waals surface area contributed by atoms with Gasteiger partial charge in [0, 0.05) is 146 Å². The SMILES string of the molecule is Cc1cc(-c2ccccc2OC[C@@H]2CCCC[C@H]2COc2ccccc2-c2cc(C)cc(-n3c4ccccc4c4ccccc43)c2O)c(O)c(-n2c3ccccc3c3ccccc32)c1.[CH2-]Oc1c(-c2ccccc2OCCCOc2ccccc2-c2cc(C)cc(-n3c4ccccc4c4ccccc43)c2O)cc(C)cc1-n1c2ccccc2c2ccccc21.[CH3-].[CH3-].[CH3-].[CH3-].[Hf].[Hf]. The van der Waals surface area contributed by atoms with Gasteiger partial charge in [-0.15, -0.1) is 0 Å². The van der Waals surface area contributed by atoms with Gasteiger partial charge < -0.3 is 87.0 Å². The first-order valence-corrected chi connectivity index (χ1v) is 42.8. The quantitative estimate of drug-likeness (QED) is 0.0369. The van der Waals surface area contributed by atoms with E-state index in [0.29, 0.717) is 44.3 Å². The number of benzene rings is 16. The zero-order chi connectivity index (χ0) is 84.1. The predicted molar refractivity (Wildman–Crippen MR) is 532 cm³/mol. The number of phenolic OH excluding ortho intramolecular Hbond substituents is 3. The third-order valence-corrected chi connectivity index (χ3v) is 24.8. The fourth-order valence-electron chi connectivity index (χ4n) is 19.2. The number of ether oxygens (including phenoxy) is 5. The molecule has 1 saturated carbocycles. The van der Waals surface area contributed by atoms with Crippen molar-refractivity contribution in [2.75, 3.05) is 26.4 Å². The van der Waals surface area contributed by atoms with Crippen molar-refractivity contribution in [2.24, 2.45) is 11.8 Å². The van der Waals surface area contributed by atoms with Crippen LogP contribution in [0, 0.1) is 76.3 Å². The average Bonchev–Trinajstić information content (AvgIpc) is 1.62. The van der Waals surface area contributed by atoms with E-state index >= 15 is 0 Å². The van der Waals surface area contributed by atoms with Crippen molar-refractivity contribution in [1.29, 1.82) is 0 Å². The maximum Gasteiger partial charge on any atom is 0.147 e. The molecule has 0 aliphatic heterocycles. The molecule has 4 heterocycles. The van der Waals surface area contributed by atoms with Gasteiger partial charge >= 0.3 is 0 Å². The molecule has 3 N–H and O–H groups in total. The van der Waals surface area contributed by atoms with Gasteiger partial charge in [-0.2, -0.15) is 7.11 Å². The number of rotatable bonds is 21. The zero-order valence-electron chi connectivity index (χ0n) is 74.7. The standard InChI is InChI=1S/C58H50N2O4.C54H43N2O4.4CH3.2Hf/c1-37-31-47(57(61)53(33-37)59-49-25-11-5-19-41(49)42-20-6-12-26-50(42)59)45-23-9-15-29-55(45)63-35-39-17-3-4-18-40(39)36-64-56-30-16-10-24-46(56)48-32-38(2)34-54(58(48)62)60-51-27-13-7-21-43(51)44-22-8-14-28-52(44)60;1-35-31-43(53(57)49(33-35)55-45-23-10-4-17-37(45)38-18-5-11-24-46(38)55)41-21-8-14-27-51(41)59-29-16-30-60-52-28-15-9-22-42(52)44-32-36(2)34-50(54(44)58-3)56-47-25-12-6-19-39(47)40-20-7-13-26-48(40)56;;;;;;/h5-16,19-34,39-40,61-62H,3-4,17-18,35-36H2,1-2H3;4-15,17-28,31-34,57H,3,16,29-30H2,1-2H3;4*1H3;;/q;5*-1;;/t39-,40-;;;;;;;/m0......./s1. The largest absolute Gasteiger partial charge is 0.664 e. The number of hydrogen-bond acceptors (Lipinski definition) is 8. The van der Waals surface area contributed by atoms with E-state index in [4.69, 9.17) is 23.7 Å². The summed E-state index contributed by atoms with van der Waals surface area (Å²) in [6.07, 6.45) is 5.02. The molecule has 14 heteroatoms. The predicted octanol–water partition coefficient (Wildman–Crippen LogP) is 29.9. The van der Waals surface area contributed by atoms with Crippen LogP contribution in [0.3, 0.4) is 0 Å². The molecule has 2 atom stereocenters. The topological polar surface area (TPSA) is 127 Å². The summed E-state index contributed by atoms with van der Waals surface area (Å²) in [4.78, 5) is 0. The summed E-state index contributed by atoms with van der Waals surface area (Å²) in [5.74, 6) is 4.82. The summed E-state index contributed by atoms with van der Waals surface area (Å²) in [6.45, 7) is 10.3. The first-order chi connectivity index (χ1) is 60.9. The fraction of sp³-hybridized carbons (Fsp3) is 0.129. The molecule has 21 rings (SSSR count). The molecule has 16 aromatic carbocycles.